The maximum Gasteiger partial charge on any atom is 0.301 e. The van der Waals surface area contributed by atoms with Crippen molar-refractivity contribution in [2.45, 2.75) is 49.1 Å². The molecule has 0 unspecified atom stereocenters. The topological polar surface area (TPSA) is 111 Å². The van der Waals surface area contributed by atoms with E-state index in [1.54, 1.807) is 36.4 Å². The molecule has 0 radical (unpaired) electrons. The fourth-order valence-corrected chi connectivity index (χ4v) is 8.15. The van der Waals surface area contributed by atoms with Crippen molar-refractivity contribution < 1.29 is 28.9 Å². The van der Waals surface area contributed by atoms with Crippen LogP contribution in [0.25, 0.3) is 5.76 Å². The van der Waals surface area contributed by atoms with E-state index in [0.29, 0.717) is 57.4 Å². The van der Waals surface area contributed by atoms with Crippen molar-refractivity contribution in [2.24, 2.45) is 0 Å². The second-order valence-corrected chi connectivity index (χ2v) is 14.4. The van der Waals surface area contributed by atoms with Crippen LogP contribution < -0.4 is 19.1 Å². The number of carbonyl (C=O) groups excluding carboxylic acids is 2. The molecular weight excluding hydrogens is 694 g/mol. The number of hydrogen-bond donors (Lipinski definition) is 1. The van der Waals surface area contributed by atoms with Crippen LogP contribution in [0.5, 0.6) is 17.2 Å². The van der Waals surface area contributed by atoms with E-state index in [1.165, 1.54) is 28.0 Å². The number of benzene rings is 4. The average Bonchev–Trinajstić information content (AvgIpc) is 3.82. The van der Waals surface area contributed by atoms with E-state index in [0.717, 1.165) is 22.4 Å². The molecule has 9 nitrogen and oxygen atoms in total. The lowest BCUT2D eigenvalue weighted by molar-refractivity contribution is -0.132. The van der Waals surface area contributed by atoms with Gasteiger partial charge in [0.05, 0.1) is 18.2 Å². The summed E-state index contributed by atoms with van der Waals surface area (Å²) in [5.74, 6) is 0.255. The molecule has 0 saturated carbocycles. The van der Waals surface area contributed by atoms with Crippen LogP contribution in [-0.2, 0) is 28.4 Å². The van der Waals surface area contributed by atoms with Gasteiger partial charge in [0.15, 0.2) is 15.8 Å². The third kappa shape index (κ3) is 6.81. The summed E-state index contributed by atoms with van der Waals surface area (Å²) in [7, 11) is 0. The van der Waals surface area contributed by atoms with Crippen LogP contribution in [-0.4, -0.2) is 39.7 Å². The summed E-state index contributed by atoms with van der Waals surface area (Å²) in [4.78, 5) is 29.1. The Hall–Kier alpha value is -4.84. The number of ether oxygens (including phenoxy) is 3. The number of Topliss-reactive ketones (excluding diaryl/α,β-unsaturated/α-hetero) is 1. The molecule has 2 aliphatic rings. The third-order valence-corrected chi connectivity index (χ3v) is 10.8. The first-order valence-electron chi connectivity index (χ1n) is 16.0. The fourth-order valence-electron chi connectivity index (χ4n) is 6.00. The van der Waals surface area contributed by atoms with Crippen molar-refractivity contribution >= 4 is 57.3 Å². The lowest BCUT2D eigenvalue weighted by Crippen LogP contribution is -2.29. The van der Waals surface area contributed by atoms with Crippen LogP contribution >= 0.6 is 34.7 Å². The molecule has 1 N–H and O–H groups in total. The number of aliphatic hydroxyl groups excluding tert-OH is 1. The Bertz CT molecular complexity index is 2100. The molecule has 1 aromatic heterocycles. The van der Waals surface area contributed by atoms with Crippen LogP contribution in [0.4, 0.5) is 5.13 Å². The zero-order chi connectivity index (χ0) is 34.8. The van der Waals surface area contributed by atoms with Crippen molar-refractivity contribution in [3.8, 4) is 17.2 Å². The van der Waals surface area contributed by atoms with E-state index in [4.69, 9.17) is 25.8 Å². The number of nitrogens with zero attached hydrogens (tertiary/aromatic N) is 3. The SMILES string of the molecule is CCOc1cc([C@@H]2C(=C(O)c3ccc4c(c3)C[C@H](C)O4)C(=O)C(=O)N2c2nnc(SCc3ccccc3Cl)s2)ccc1OCc1ccccc1. The predicted octanol–water partition coefficient (Wildman–Crippen LogP) is 8.41. The Kier molecular flexibility index (Phi) is 9.80. The van der Waals surface area contributed by atoms with Crippen molar-refractivity contribution in [3.63, 3.8) is 0 Å². The summed E-state index contributed by atoms with van der Waals surface area (Å²) in [5.41, 5.74) is 3.70. The molecule has 2 aliphatic heterocycles. The monoisotopic (exact) mass is 725 g/mol. The smallest absolute Gasteiger partial charge is 0.301 e. The van der Waals surface area contributed by atoms with Gasteiger partial charge in [-0.2, -0.15) is 0 Å². The lowest BCUT2D eigenvalue weighted by Gasteiger charge is -2.24. The van der Waals surface area contributed by atoms with Gasteiger partial charge in [-0.15, -0.1) is 10.2 Å². The Labute approximate surface area is 302 Å². The minimum Gasteiger partial charge on any atom is -0.507 e. The number of fused-ring (bicyclic) bond motifs is 1. The molecule has 0 spiro atoms. The zero-order valence-electron chi connectivity index (χ0n) is 27.2. The Morgan fingerprint density at radius 1 is 1.00 bits per heavy atom. The zero-order valence-corrected chi connectivity index (χ0v) is 29.6. The summed E-state index contributed by atoms with van der Waals surface area (Å²) in [6.45, 7) is 4.50. The summed E-state index contributed by atoms with van der Waals surface area (Å²) in [6.07, 6.45) is 0.658. The van der Waals surface area contributed by atoms with Gasteiger partial charge < -0.3 is 19.3 Å². The Morgan fingerprint density at radius 3 is 2.60 bits per heavy atom. The molecule has 254 valence electrons. The molecule has 5 aromatic rings. The molecular formula is C38H32ClN3O6S2. The highest BCUT2D eigenvalue weighted by Gasteiger charge is 2.48. The van der Waals surface area contributed by atoms with Crippen molar-refractivity contribution in [2.75, 3.05) is 11.5 Å². The molecule has 3 heterocycles. The average molecular weight is 726 g/mol. The molecule has 12 heteroatoms. The Balaban J connectivity index is 1.28. The van der Waals surface area contributed by atoms with E-state index in [-0.39, 0.29) is 22.6 Å². The molecule has 2 atom stereocenters. The van der Waals surface area contributed by atoms with E-state index >= 15 is 0 Å². The summed E-state index contributed by atoms with van der Waals surface area (Å²) in [5, 5.41) is 21.4. The van der Waals surface area contributed by atoms with Crippen molar-refractivity contribution in [3.05, 3.63) is 129 Å². The van der Waals surface area contributed by atoms with Gasteiger partial charge in [-0.3, -0.25) is 14.5 Å². The van der Waals surface area contributed by atoms with Gasteiger partial charge in [-0.25, -0.2) is 0 Å². The quantitative estimate of drug-likeness (QED) is 0.0472. The van der Waals surface area contributed by atoms with E-state index in [2.05, 4.69) is 10.2 Å². The van der Waals surface area contributed by atoms with Crippen molar-refractivity contribution in [1.29, 1.82) is 0 Å². The van der Waals surface area contributed by atoms with Gasteiger partial charge in [-0.1, -0.05) is 89.3 Å². The summed E-state index contributed by atoms with van der Waals surface area (Å²) >= 11 is 8.97. The van der Waals surface area contributed by atoms with Gasteiger partial charge >= 0.3 is 5.91 Å². The number of thioether (sulfide) groups is 1. The number of amides is 1. The first kappa shape index (κ1) is 33.6. The summed E-state index contributed by atoms with van der Waals surface area (Å²) in [6, 6.07) is 26.8. The lowest BCUT2D eigenvalue weighted by atomic mass is 9.94. The van der Waals surface area contributed by atoms with Crippen LogP contribution in [0.15, 0.2) is 101 Å². The molecule has 1 saturated heterocycles. The molecule has 1 fully saturated rings. The number of hydrogen-bond acceptors (Lipinski definition) is 10. The highest BCUT2D eigenvalue weighted by molar-refractivity contribution is 8.00. The predicted molar refractivity (Wildman–Crippen MR) is 194 cm³/mol. The maximum absolute atomic E-state index is 13.9. The number of rotatable bonds is 11. The van der Waals surface area contributed by atoms with Gasteiger partial charge in [0.25, 0.3) is 5.78 Å². The second kappa shape index (κ2) is 14.6. The van der Waals surface area contributed by atoms with Gasteiger partial charge in [0, 0.05) is 22.8 Å². The standard InChI is InChI=1S/C38H32ClN3O6S2/c1-3-46-31-19-24(13-16-30(31)47-20-23-9-5-4-6-10-23)33-32(34(43)25-14-15-29-27(18-25)17-22(2)48-29)35(44)36(45)42(33)37-40-41-38(50-37)49-21-26-11-7-8-12-28(26)39/h4-16,18-19,22,33,43H,3,17,20-21H2,1-2H3/t22-,33+/m0/s1. The molecule has 7 rings (SSSR count). The van der Waals surface area contributed by atoms with Gasteiger partial charge in [0.1, 0.15) is 24.2 Å². The van der Waals surface area contributed by atoms with Gasteiger partial charge in [-0.05, 0) is 72.5 Å². The number of ketones is 1. The highest BCUT2D eigenvalue weighted by Crippen LogP contribution is 2.46. The van der Waals surface area contributed by atoms with E-state index in [9.17, 15) is 14.7 Å². The number of halogens is 1. The number of anilines is 1. The molecule has 0 aliphatic carbocycles. The first-order valence-corrected chi connectivity index (χ1v) is 18.2. The first-order chi connectivity index (χ1) is 24.3. The fraction of sp³-hybridized carbons (Fsp3) is 0.211. The number of aliphatic hydroxyl groups is 1. The molecule has 50 heavy (non-hydrogen) atoms. The van der Waals surface area contributed by atoms with Crippen LogP contribution in [0.1, 0.15) is 47.7 Å². The number of aromatic nitrogens is 2. The van der Waals surface area contributed by atoms with Crippen molar-refractivity contribution in [1.82, 2.24) is 10.2 Å². The molecule has 0 bridgehead atoms. The van der Waals surface area contributed by atoms with Crippen LogP contribution in [0.2, 0.25) is 5.02 Å². The van der Waals surface area contributed by atoms with Gasteiger partial charge in [0.2, 0.25) is 5.13 Å². The Morgan fingerprint density at radius 2 is 1.80 bits per heavy atom. The maximum atomic E-state index is 13.9. The minimum atomic E-state index is -1.03. The van der Waals surface area contributed by atoms with E-state index < -0.39 is 17.7 Å². The third-order valence-electron chi connectivity index (χ3n) is 8.35. The normalized spacial score (nSPS) is 17.9. The highest BCUT2D eigenvalue weighted by atomic mass is 35.5. The van der Waals surface area contributed by atoms with Crippen LogP contribution in [0, 0.1) is 0 Å². The molecule has 4 aromatic carbocycles. The van der Waals surface area contributed by atoms with E-state index in [1.807, 2.05) is 68.4 Å². The minimum absolute atomic E-state index is 0.00466. The molecule has 1 amide bonds. The van der Waals surface area contributed by atoms with Crippen LogP contribution in [0.3, 0.4) is 0 Å². The summed E-state index contributed by atoms with van der Waals surface area (Å²) < 4.78 is 18.6. The number of carbonyl (C=O) groups is 2. The second-order valence-electron chi connectivity index (χ2n) is 11.8. The largest absolute Gasteiger partial charge is 0.507 e.